The van der Waals surface area contributed by atoms with Gasteiger partial charge in [-0.25, -0.2) is 8.78 Å². The number of methoxy groups -OCH3 is 1. The van der Waals surface area contributed by atoms with Gasteiger partial charge in [-0.3, -0.25) is 0 Å². The molecule has 1 aliphatic rings. The molecule has 0 spiro atoms. The van der Waals surface area contributed by atoms with Crippen molar-refractivity contribution in [1.29, 1.82) is 0 Å². The fourth-order valence-electron chi connectivity index (χ4n) is 1.91. The van der Waals surface area contributed by atoms with Gasteiger partial charge in [0.15, 0.2) is 11.6 Å². The second kappa shape index (κ2) is 3.86. The summed E-state index contributed by atoms with van der Waals surface area (Å²) in [4.78, 5) is 0. The van der Waals surface area contributed by atoms with Gasteiger partial charge in [0.1, 0.15) is 10.8 Å². The molecular weight excluding hydrogens is 236 g/mol. The van der Waals surface area contributed by atoms with Crippen LogP contribution in [0.5, 0.6) is 5.75 Å². The fraction of sp³-hybridized carbons (Fsp3) is 0.455. The maximum absolute atomic E-state index is 13.7. The van der Waals surface area contributed by atoms with E-state index in [0.29, 0.717) is 12.1 Å². The van der Waals surface area contributed by atoms with Crippen molar-refractivity contribution in [3.05, 3.63) is 28.3 Å². The number of nitrogens with two attached hydrogens (primary N) is 1. The average Bonchev–Trinajstić information content (AvgIpc) is 3.06. The van der Waals surface area contributed by atoms with Crippen LogP contribution in [0.3, 0.4) is 0 Å². The van der Waals surface area contributed by atoms with Gasteiger partial charge in [0.2, 0.25) is 0 Å². The first-order valence-corrected chi connectivity index (χ1v) is 5.35. The Bertz CT molecular complexity index is 432. The van der Waals surface area contributed by atoms with Gasteiger partial charge in [0.25, 0.3) is 0 Å². The Morgan fingerprint density at radius 1 is 1.50 bits per heavy atom. The van der Waals surface area contributed by atoms with Crippen molar-refractivity contribution >= 4 is 11.6 Å². The molecule has 0 unspecified atom stereocenters. The van der Waals surface area contributed by atoms with Crippen molar-refractivity contribution in [2.45, 2.75) is 18.3 Å². The Hall–Kier alpha value is -0.870. The van der Waals surface area contributed by atoms with Gasteiger partial charge in [-0.05, 0) is 18.9 Å². The smallest absolute Gasteiger partial charge is 0.186 e. The van der Waals surface area contributed by atoms with Crippen LogP contribution in [-0.4, -0.2) is 13.7 Å². The van der Waals surface area contributed by atoms with E-state index in [1.807, 2.05) is 0 Å². The van der Waals surface area contributed by atoms with E-state index in [2.05, 4.69) is 0 Å². The zero-order valence-corrected chi connectivity index (χ0v) is 9.57. The van der Waals surface area contributed by atoms with Crippen LogP contribution >= 0.6 is 11.6 Å². The molecule has 2 nitrogen and oxygen atoms in total. The summed E-state index contributed by atoms with van der Waals surface area (Å²) in [5.74, 6) is -1.61. The highest BCUT2D eigenvalue weighted by molar-refractivity contribution is 6.31. The molecule has 0 heterocycles. The largest absolute Gasteiger partial charge is 0.493 e. The lowest BCUT2D eigenvalue weighted by Crippen LogP contribution is -2.21. The van der Waals surface area contributed by atoms with E-state index >= 15 is 0 Å². The molecular formula is C11H12ClF2NO. The van der Waals surface area contributed by atoms with Crippen molar-refractivity contribution in [2.75, 3.05) is 13.7 Å². The van der Waals surface area contributed by atoms with Gasteiger partial charge in [-0.15, -0.1) is 0 Å². The molecule has 1 aromatic carbocycles. The molecule has 88 valence electrons. The van der Waals surface area contributed by atoms with Gasteiger partial charge in [-0.1, -0.05) is 11.6 Å². The lowest BCUT2D eigenvalue weighted by molar-refractivity contribution is 0.373. The Balaban J connectivity index is 2.61. The first-order chi connectivity index (χ1) is 7.55. The molecule has 0 aliphatic heterocycles. The SMILES string of the molecule is COc1c(C2(CN)CC2)cc(F)c(Cl)c1F. The zero-order chi connectivity index (χ0) is 11.9. The molecule has 5 heteroatoms. The summed E-state index contributed by atoms with van der Waals surface area (Å²) in [5.41, 5.74) is 5.78. The minimum absolute atomic E-state index is 0.00866. The predicted molar refractivity (Wildman–Crippen MR) is 57.9 cm³/mol. The van der Waals surface area contributed by atoms with Crippen molar-refractivity contribution in [3.63, 3.8) is 0 Å². The highest BCUT2D eigenvalue weighted by atomic mass is 35.5. The minimum atomic E-state index is -0.848. The number of hydrogen-bond donors (Lipinski definition) is 1. The molecule has 1 aliphatic carbocycles. The van der Waals surface area contributed by atoms with Crippen molar-refractivity contribution in [1.82, 2.24) is 0 Å². The molecule has 1 fully saturated rings. The first kappa shape index (κ1) is 11.6. The summed E-state index contributed by atoms with van der Waals surface area (Å²) < 4.78 is 32.0. The second-order valence-electron chi connectivity index (χ2n) is 4.05. The Morgan fingerprint density at radius 3 is 2.56 bits per heavy atom. The summed E-state index contributed by atoms with van der Waals surface area (Å²) in [6.07, 6.45) is 1.64. The van der Waals surface area contributed by atoms with Crippen LogP contribution in [0, 0.1) is 11.6 Å². The van der Waals surface area contributed by atoms with Crippen LogP contribution in [-0.2, 0) is 5.41 Å². The van der Waals surface area contributed by atoms with Gasteiger partial charge in [0.05, 0.1) is 7.11 Å². The van der Waals surface area contributed by atoms with E-state index in [4.69, 9.17) is 22.1 Å². The summed E-state index contributed by atoms with van der Waals surface area (Å²) in [5, 5.41) is -0.534. The molecule has 16 heavy (non-hydrogen) atoms. The van der Waals surface area contributed by atoms with Crippen molar-refractivity contribution < 1.29 is 13.5 Å². The second-order valence-corrected chi connectivity index (χ2v) is 4.43. The van der Waals surface area contributed by atoms with Crippen molar-refractivity contribution in [3.8, 4) is 5.75 Å². The van der Waals surface area contributed by atoms with E-state index in [-0.39, 0.29) is 11.2 Å². The number of hydrogen-bond acceptors (Lipinski definition) is 2. The third-order valence-electron chi connectivity index (χ3n) is 3.14. The van der Waals surface area contributed by atoms with Gasteiger partial charge in [-0.2, -0.15) is 0 Å². The number of ether oxygens (including phenoxy) is 1. The molecule has 2 rings (SSSR count). The lowest BCUT2D eigenvalue weighted by Gasteiger charge is -2.18. The topological polar surface area (TPSA) is 35.2 Å². The normalized spacial score (nSPS) is 17.3. The average molecular weight is 248 g/mol. The number of rotatable bonds is 3. The quantitative estimate of drug-likeness (QED) is 0.834. The molecule has 0 saturated heterocycles. The van der Waals surface area contributed by atoms with Crippen molar-refractivity contribution in [2.24, 2.45) is 5.73 Å². The van der Waals surface area contributed by atoms with Crippen LogP contribution < -0.4 is 10.5 Å². The molecule has 0 atom stereocenters. The predicted octanol–water partition coefficient (Wildman–Crippen LogP) is 2.62. The maximum atomic E-state index is 13.7. The maximum Gasteiger partial charge on any atom is 0.186 e. The Kier molecular flexibility index (Phi) is 2.80. The summed E-state index contributed by atoms with van der Waals surface area (Å²) >= 11 is 5.49. The molecule has 0 radical (unpaired) electrons. The van der Waals surface area contributed by atoms with Crippen LogP contribution in [0.1, 0.15) is 18.4 Å². The van der Waals surface area contributed by atoms with Crippen LogP contribution in [0.15, 0.2) is 6.07 Å². The summed E-state index contributed by atoms with van der Waals surface area (Å²) in [6, 6.07) is 1.23. The zero-order valence-electron chi connectivity index (χ0n) is 8.82. The number of benzene rings is 1. The monoisotopic (exact) mass is 247 g/mol. The van der Waals surface area contributed by atoms with Crippen LogP contribution in [0.4, 0.5) is 8.78 Å². The highest BCUT2D eigenvalue weighted by Crippen LogP contribution is 2.52. The highest BCUT2D eigenvalue weighted by Gasteiger charge is 2.46. The molecule has 0 aromatic heterocycles. The summed E-state index contributed by atoms with van der Waals surface area (Å²) in [6.45, 7) is 0.351. The van der Waals surface area contributed by atoms with E-state index in [9.17, 15) is 8.78 Å². The Labute approximate surface area is 97.3 Å². The first-order valence-electron chi connectivity index (χ1n) is 4.98. The Morgan fingerprint density at radius 2 is 2.12 bits per heavy atom. The number of halogens is 3. The van der Waals surface area contributed by atoms with Gasteiger partial charge < -0.3 is 10.5 Å². The standard InChI is InChI=1S/C11H12ClF2NO/c1-16-10-6(11(5-15)2-3-11)4-7(13)8(12)9(10)14/h4H,2-3,5,15H2,1H3. The fourth-order valence-corrected chi connectivity index (χ4v) is 2.05. The summed E-state index contributed by atoms with van der Waals surface area (Å²) in [7, 11) is 1.34. The lowest BCUT2D eigenvalue weighted by atomic mass is 9.94. The van der Waals surface area contributed by atoms with Crippen LogP contribution in [0.25, 0.3) is 0 Å². The van der Waals surface area contributed by atoms with Gasteiger partial charge >= 0.3 is 0 Å². The van der Waals surface area contributed by atoms with Crippen LogP contribution in [0.2, 0.25) is 5.02 Å². The van der Waals surface area contributed by atoms with E-state index in [1.165, 1.54) is 13.2 Å². The van der Waals surface area contributed by atoms with E-state index in [0.717, 1.165) is 12.8 Å². The molecule has 0 bridgehead atoms. The molecule has 0 amide bonds. The molecule has 1 aromatic rings. The van der Waals surface area contributed by atoms with E-state index in [1.54, 1.807) is 0 Å². The minimum Gasteiger partial charge on any atom is -0.493 e. The van der Waals surface area contributed by atoms with Gasteiger partial charge in [0, 0.05) is 17.5 Å². The van der Waals surface area contributed by atoms with E-state index < -0.39 is 16.7 Å². The molecule has 1 saturated carbocycles. The third kappa shape index (κ3) is 1.57. The third-order valence-corrected chi connectivity index (χ3v) is 3.48. The molecule has 2 N–H and O–H groups in total.